The maximum absolute atomic E-state index is 11.2. The van der Waals surface area contributed by atoms with Crippen LogP contribution < -0.4 is 28.4 Å². The van der Waals surface area contributed by atoms with E-state index in [1.54, 1.807) is 198 Å². The first kappa shape index (κ1) is 91.3. The fourth-order valence-electron chi connectivity index (χ4n) is 21.5. The number of ether oxygens (including phenoxy) is 6. The van der Waals surface area contributed by atoms with Crippen molar-refractivity contribution < 1.29 is 120 Å². The molecule has 140 heavy (non-hydrogen) atoms. The predicted octanol–water partition coefficient (Wildman–Crippen LogP) is 22.7. The molecule has 16 aromatic rings. The highest BCUT2D eigenvalue weighted by Crippen LogP contribution is 2.72. The third kappa shape index (κ3) is 17.5. The summed E-state index contributed by atoms with van der Waals surface area (Å²) in [6.45, 7) is 0. The van der Waals surface area contributed by atoms with Crippen LogP contribution in [-0.2, 0) is 0 Å². The smallest absolute Gasteiger partial charge is 0.135 e. The lowest BCUT2D eigenvalue weighted by Gasteiger charge is -2.23. The van der Waals surface area contributed by atoms with Gasteiger partial charge < -0.3 is 120 Å². The van der Waals surface area contributed by atoms with Gasteiger partial charge in [-0.15, -0.1) is 0 Å². The largest absolute Gasteiger partial charge is 0.508 e. The first-order valence-electron chi connectivity index (χ1n) is 45.0. The lowest BCUT2D eigenvalue weighted by atomic mass is 9.79. The summed E-state index contributed by atoms with van der Waals surface area (Å²) in [5, 5.41) is 185. The molecule has 0 saturated carbocycles. The zero-order chi connectivity index (χ0) is 97.9. The monoisotopic (exact) mass is 1870 g/mol. The van der Waals surface area contributed by atoms with E-state index in [9.17, 15) is 91.9 Å². The SMILES string of the molecule is COc1cc(/C=C/c2ccc(O)cc2)c2c(c1)O[C@H](c1ccc(O)cc1)[C@H]2c1cc(O)cc(O)c1.COc1cc(O)c2c(c1)C1C(c3ccc(O)cc3)c3c(O)cc(O)cc3C1C2c1ccc(O)cc1.COc1cc(O)c2c(c1)C1C(c3ccc(O)cc3)c3c(O)cc(O)cc3C1C2c1ccc(O)cc1.COc1ccc(/C=C/c2cc(O)cc3c2[C@H](c2cc(O)cc(O)c2)[C@@H](c2ccc(O)cc2)O3)cc1. The number of methoxy groups -OCH3 is 4. The average molecular weight is 1870 g/mol. The van der Waals surface area contributed by atoms with Crippen molar-refractivity contribution in [3.63, 3.8) is 0 Å². The molecular formula is C116H96O24. The van der Waals surface area contributed by atoms with Crippen LogP contribution in [0.1, 0.15) is 194 Å². The summed E-state index contributed by atoms with van der Waals surface area (Å²) in [5.74, 6) is 1.93. The minimum atomic E-state index is -0.512. The van der Waals surface area contributed by atoms with Crippen molar-refractivity contribution in [2.45, 2.75) is 71.4 Å². The number of phenols is 18. The highest BCUT2D eigenvalue weighted by atomic mass is 16.5. The van der Waals surface area contributed by atoms with Gasteiger partial charge >= 0.3 is 0 Å². The second-order valence-corrected chi connectivity index (χ2v) is 35.5. The summed E-state index contributed by atoms with van der Waals surface area (Å²) in [7, 11) is 6.31. The molecule has 16 aromatic carbocycles. The van der Waals surface area contributed by atoms with E-state index in [1.165, 1.54) is 24.3 Å². The van der Waals surface area contributed by atoms with Crippen molar-refractivity contribution in [3.8, 4) is 138 Å². The zero-order valence-corrected chi connectivity index (χ0v) is 75.6. The Kier molecular flexibility index (Phi) is 24.4. The summed E-state index contributed by atoms with van der Waals surface area (Å²) < 4.78 is 34.5. The molecule has 6 aliphatic rings. The lowest BCUT2D eigenvalue weighted by molar-refractivity contribution is 0.221. The Hall–Kier alpha value is -17.8. The number of aromatic hydroxyl groups is 18. The Morgan fingerprint density at radius 3 is 0.771 bits per heavy atom. The molecule has 0 radical (unpaired) electrons. The Balaban J connectivity index is 0.000000119. The van der Waals surface area contributed by atoms with Crippen LogP contribution >= 0.6 is 0 Å². The van der Waals surface area contributed by atoms with Gasteiger partial charge in [0.2, 0.25) is 0 Å². The highest BCUT2D eigenvalue weighted by Gasteiger charge is 2.57. The molecule has 0 bridgehead atoms. The van der Waals surface area contributed by atoms with Gasteiger partial charge in [-0.25, -0.2) is 0 Å². The van der Waals surface area contributed by atoms with E-state index in [4.69, 9.17) is 28.4 Å². The van der Waals surface area contributed by atoms with Crippen LogP contribution in [0.25, 0.3) is 24.3 Å². The van der Waals surface area contributed by atoms with Gasteiger partial charge in [-0.05, 0) is 247 Å². The second-order valence-electron chi connectivity index (χ2n) is 35.5. The fraction of sp³-hybridized carbons (Fsp3) is 0.138. The van der Waals surface area contributed by atoms with Gasteiger partial charge in [0, 0.05) is 129 Å². The number of fused-ring (bicyclic) bond motifs is 12. The first-order valence-corrected chi connectivity index (χ1v) is 45.0. The van der Waals surface area contributed by atoms with Crippen LogP contribution in [0.5, 0.6) is 138 Å². The maximum atomic E-state index is 11.2. The molecule has 0 fully saturated rings. The molecule has 24 heteroatoms. The van der Waals surface area contributed by atoms with Crippen LogP contribution in [0, 0.1) is 0 Å². The van der Waals surface area contributed by atoms with Gasteiger partial charge in [-0.3, -0.25) is 0 Å². The van der Waals surface area contributed by atoms with Crippen LogP contribution in [0.15, 0.2) is 303 Å². The van der Waals surface area contributed by atoms with Crippen LogP contribution in [0.4, 0.5) is 0 Å². The molecule has 12 atom stereocenters. The van der Waals surface area contributed by atoms with Crippen molar-refractivity contribution in [1.82, 2.24) is 0 Å². The topological polar surface area (TPSA) is 420 Å². The second kappa shape index (κ2) is 37.5. The minimum Gasteiger partial charge on any atom is -0.508 e. The third-order valence-electron chi connectivity index (χ3n) is 27.3. The van der Waals surface area contributed by atoms with Crippen molar-refractivity contribution in [2.75, 3.05) is 28.4 Å². The Morgan fingerprint density at radius 2 is 0.450 bits per heavy atom. The van der Waals surface area contributed by atoms with E-state index in [2.05, 4.69) is 0 Å². The van der Waals surface area contributed by atoms with E-state index in [0.717, 1.165) is 117 Å². The van der Waals surface area contributed by atoms with Crippen LogP contribution in [0.2, 0.25) is 0 Å². The molecule has 0 spiro atoms. The summed E-state index contributed by atoms with van der Waals surface area (Å²) in [5.41, 5.74) is 18.1. The quantitative estimate of drug-likeness (QED) is 0.0400. The van der Waals surface area contributed by atoms with Crippen LogP contribution in [0.3, 0.4) is 0 Å². The average Bonchev–Trinajstić information content (AvgIpc) is 1.53. The summed E-state index contributed by atoms with van der Waals surface area (Å²) in [6, 6.07) is 84.8. The minimum absolute atomic E-state index is 0.00518. The Bertz CT molecular complexity index is 7170. The van der Waals surface area contributed by atoms with Crippen molar-refractivity contribution in [1.29, 1.82) is 0 Å². The van der Waals surface area contributed by atoms with Gasteiger partial charge in [0.25, 0.3) is 0 Å². The fourth-order valence-corrected chi connectivity index (χ4v) is 21.5. The predicted molar refractivity (Wildman–Crippen MR) is 526 cm³/mol. The Labute approximate surface area is 803 Å². The molecule has 0 saturated heterocycles. The molecule has 18 N–H and O–H groups in total. The van der Waals surface area contributed by atoms with E-state index >= 15 is 0 Å². The molecule has 2 aliphatic heterocycles. The number of benzene rings is 16. The summed E-state index contributed by atoms with van der Waals surface area (Å²) in [6.07, 6.45) is 6.73. The Morgan fingerprint density at radius 1 is 0.193 bits per heavy atom. The van der Waals surface area contributed by atoms with Gasteiger partial charge in [0.1, 0.15) is 150 Å². The van der Waals surface area contributed by atoms with Crippen molar-refractivity contribution >= 4 is 24.3 Å². The number of hydrogen-bond acceptors (Lipinski definition) is 24. The van der Waals surface area contributed by atoms with Crippen molar-refractivity contribution in [3.05, 3.63) is 426 Å². The molecule has 4 aliphatic carbocycles. The van der Waals surface area contributed by atoms with E-state index in [1.807, 2.05) is 133 Å². The first-order chi connectivity index (χ1) is 67.5. The highest BCUT2D eigenvalue weighted by molar-refractivity contribution is 5.79. The van der Waals surface area contributed by atoms with Gasteiger partial charge in [0.15, 0.2) is 0 Å². The normalized spacial score (nSPS) is 19.3. The molecule has 704 valence electrons. The van der Waals surface area contributed by atoms with Crippen LogP contribution in [-0.4, -0.2) is 120 Å². The molecule has 2 heterocycles. The van der Waals surface area contributed by atoms with E-state index < -0.39 is 18.1 Å². The van der Waals surface area contributed by atoms with Crippen molar-refractivity contribution in [2.24, 2.45) is 0 Å². The maximum Gasteiger partial charge on any atom is 0.135 e. The zero-order valence-electron chi connectivity index (χ0n) is 75.6. The van der Waals surface area contributed by atoms with E-state index in [0.29, 0.717) is 39.9 Å². The molecule has 24 nitrogen and oxygen atoms in total. The summed E-state index contributed by atoms with van der Waals surface area (Å²) >= 11 is 0. The number of hydrogen-bond donors (Lipinski definition) is 18. The van der Waals surface area contributed by atoms with Gasteiger partial charge in [-0.2, -0.15) is 0 Å². The molecule has 22 rings (SSSR count). The molecular weight excluding hydrogens is 1780 g/mol. The molecule has 8 unspecified atom stereocenters. The molecule has 0 aromatic heterocycles. The third-order valence-corrected chi connectivity index (χ3v) is 27.3. The summed E-state index contributed by atoms with van der Waals surface area (Å²) in [4.78, 5) is 0. The van der Waals surface area contributed by atoms with Gasteiger partial charge in [0.05, 0.1) is 40.3 Å². The molecule has 0 amide bonds. The number of rotatable bonds is 16. The lowest BCUT2D eigenvalue weighted by Crippen LogP contribution is -2.11. The van der Waals surface area contributed by atoms with E-state index in [-0.39, 0.29) is 157 Å². The standard InChI is InChI=1S/4C29H24O6/c2*1-35-19-12-21-27(23(34)13-19)25(15-4-8-17(31)9-5-15)28-20-10-18(32)11-22(33)26(20)24(29(21)28)14-2-6-16(30)7-3-14;1-34-25-10-3-17(4-11-25)2-5-19-12-24(33)16-26-27(19)28(20-13-22(31)15-23(32)14-20)29(35-26)18-6-8-21(30)9-7-18;1-34-25-14-19(5-2-17-3-8-21(30)9-4-17)27-26(16-25)35-29(18-6-10-22(31)11-7-18)28(27)20-12-23(32)15-24(33)13-20/h2*2-13,24-25,28-34H,1H3;2*2-16,28-33H,1H3/b;;2*5-2+/t;;2*28-,29+/m..00/s1. The number of phenolic OH excluding ortho intramolecular Hbond substituents is 18. The van der Waals surface area contributed by atoms with Gasteiger partial charge in [-0.1, -0.05) is 121 Å².